The largest absolute Gasteiger partial charge is 0.464 e. The molecule has 0 bridgehead atoms. The van der Waals surface area contributed by atoms with Crippen molar-refractivity contribution in [1.29, 1.82) is 0 Å². The van der Waals surface area contributed by atoms with Gasteiger partial charge >= 0.3 is 0 Å². The van der Waals surface area contributed by atoms with Crippen LogP contribution >= 0.6 is 12.2 Å². The molecule has 3 aromatic carbocycles. The summed E-state index contributed by atoms with van der Waals surface area (Å²) in [4.78, 5) is 0. The zero-order valence-electron chi connectivity index (χ0n) is 20.8. The molecular weight excluding hydrogens is 485 g/mol. The highest BCUT2D eigenvalue weighted by Gasteiger charge is 2.15. The molecule has 5 aromatic rings. The maximum absolute atomic E-state index is 14.1. The molecule has 0 atom stereocenters. The van der Waals surface area contributed by atoms with Crippen molar-refractivity contribution in [2.45, 2.75) is 39.5 Å². The smallest absolute Gasteiger partial charge is 0.191 e. The summed E-state index contributed by atoms with van der Waals surface area (Å²) in [7, 11) is 0. The standard InChI is InChI=1S/C30H28FN3O2S/c1-3-19-9-11-24-21(17-35-28(24)13-19)15-23(33-34-30(37)32-27-8-6-5-7-26(27)31)16-22-18-36-29-14-20(4-2)10-12-25(22)29/h5-14,17-18H,3-4,15-16H2,1-2H3,(H2,32,34,37). The van der Waals surface area contributed by atoms with E-state index in [4.69, 9.17) is 21.1 Å². The van der Waals surface area contributed by atoms with Crippen LogP contribution in [0.2, 0.25) is 0 Å². The monoisotopic (exact) mass is 513 g/mol. The molecule has 0 fully saturated rings. The minimum Gasteiger partial charge on any atom is -0.464 e. The van der Waals surface area contributed by atoms with E-state index in [1.54, 1.807) is 30.7 Å². The first-order valence-electron chi connectivity index (χ1n) is 12.4. The van der Waals surface area contributed by atoms with Gasteiger partial charge in [-0.15, -0.1) is 0 Å². The average Bonchev–Trinajstić information content (AvgIpc) is 3.51. The van der Waals surface area contributed by atoms with E-state index in [1.807, 2.05) is 0 Å². The number of hydrogen-bond donors (Lipinski definition) is 2. The van der Waals surface area contributed by atoms with Crippen LogP contribution in [0.5, 0.6) is 0 Å². The lowest BCUT2D eigenvalue weighted by Gasteiger charge is -2.10. The molecule has 2 heterocycles. The molecule has 37 heavy (non-hydrogen) atoms. The molecule has 0 aliphatic carbocycles. The van der Waals surface area contributed by atoms with Crippen LogP contribution in [0.15, 0.2) is 87.1 Å². The Hall–Kier alpha value is -3.97. The Morgan fingerprint density at radius 1 is 0.838 bits per heavy atom. The lowest BCUT2D eigenvalue weighted by atomic mass is 10.00. The van der Waals surface area contributed by atoms with E-state index in [0.717, 1.165) is 51.6 Å². The fraction of sp³-hybridized carbons (Fsp3) is 0.200. The molecule has 5 rings (SSSR count). The SMILES string of the molecule is CCc1ccc2c(CC(Cc3coc4cc(CC)ccc34)=NNC(=S)Nc3ccccc3F)coc2c1. The summed E-state index contributed by atoms with van der Waals surface area (Å²) in [5, 5.41) is 9.83. The maximum atomic E-state index is 14.1. The Bertz CT molecular complexity index is 1520. The number of thiocarbonyl (C=S) groups is 1. The summed E-state index contributed by atoms with van der Waals surface area (Å²) in [6.45, 7) is 4.25. The lowest BCUT2D eigenvalue weighted by molar-refractivity contribution is 0.611. The lowest BCUT2D eigenvalue weighted by Crippen LogP contribution is -2.26. The molecule has 0 aliphatic heterocycles. The summed E-state index contributed by atoms with van der Waals surface area (Å²) < 4.78 is 25.8. The number of rotatable bonds is 8. The number of nitrogens with one attached hydrogen (secondary N) is 2. The number of hydrogen-bond acceptors (Lipinski definition) is 4. The van der Waals surface area contributed by atoms with E-state index in [0.29, 0.717) is 12.8 Å². The predicted octanol–water partition coefficient (Wildman–Crippen LogP) is 7.57. The summed E-state index contributed by atoms with van der Waals surface area (Å²) in [6, 6.07) is 19.0. The van der Waals surface area contributed by atoms with Crippen molar-refractivity contribution in [1.82, 2.24) is 5.43 Å². The van der Waals surface area contributed by atoms with Crippen LogP contribution in [0.4, 0.5) is 10.1 Å². The highest BCUT2D eigenvalue weighted by molar-refractivity contribution is 7.80. The minimum absolute atomic E-state index is 0.205. The molecule has 0 amide bonds. The average molecular weight is 514 g/mol. The van der Waals surface area contributed by atoms with Crippen molar-refractivity contribution in [2.24, 2.45) is 5.10 Å². The molecule has 0 spiro atoms. The zero-order valence-corrected chi connectivity index (χ0v) is 21.6. The Morgan fingerprint density at radius 3 is 1.95 bits per heavy atom. The maximum Gasteiger partial charge on any atom is 0.191 e. The van der Waals surface area contributed by atoms with Gasteiger partial charge in [-0.25, -0.2) is 4.39 Å². The quantitative estimate of drug-likeness (QED) is 0.127. The van der Waals surface area contributed by atoms with E-state index in [1.165, 1.54) is 17.2 Å². The number of fused-ring (bicyclic) bond motifs is 2. The van der Waals surface area contributed by atoms with Crippen molar-refractivity contribution in [2.75, 3.05) is 5.32 Å². The van der Waals surface area contributed by atoms with Gasteiger partial charge in [0.15, 0.2) is 5.11 Å². The Balaban J connectivity index is 1.42. The molecule has 0 radical (unpaired) electrons. The van der Waals surface area contributed by atoms with Crippen molar-refractivity contribution >= 4 is 50.7 Å². The molecule has 2 aromatic heterocycles. The number of para-hydroxylation sites is 1. The van der Waals surface area contributed by atoms with Crippen LogP contribution in [0, 0.1) is 5.82 Å². The van der Waals surface area contributed by atoms with E-state index in [2.05, 4.69) is 66.1 Å². The number of hydrazone groups is 1. The van der Waals surface area contributed by atoms with Gasteiger partial charge in [-0.1, -0.05) is 50.2 Å². The van der Waals surface area contributed by atoms with E-state index in [9.17, 15) is 4.39 Å². The second-order valence-corrected chi connectivity index (χ2v) is 9.38. The van der Waals surface area contributed by atoms with Crippen LogP contribution in [0.3, 0.4) is 0 Å². The Morgan fingerprint density at radius 2 is 1.41 bits per heavy atom. The fourth-order valence-corrected chi connectivity index (χ4v) is 4.55. The molecule has 188 valence electrons. The Kier molecular flexibility index (Phi) is 7.32. The minimum atomic E-state index is -0.386. The van der Waals surface area contributed by atoms with Crippen molar-refractivity contribution < 1.29 is 13.2 Å². The van der Waals surface area contributed by atoms with Crippen molar-refractivity contribution in [3.63, 3.8) is 0 Å². The van der Waals surface area contributed by atoms with Crippen molar-refractivity contribution in [3.8, 4) is 0 Å². The second kappa shape index (κ2) is 11.0. The third-order valence-corrected chi connectivity index (χ3v) is 6.68. The van der Waals surface area contributed by atoms with Gasteiger partial charge in [-0.05, 0) is 60.5 Å². The van der Waals surface area contributed by atoms with Gasteiger partial charge in [0.1, 0.15) is 17.0 Å². The van der Waals surface area contributed by atoms with E-state index < -0.39 is 0 Å². The third-order valence-electron chi connectivity index (χ3n) is 6.48. The van der Waals surface area contributed by atoms with Gasteiger partial charge in [0.2, 0.25) is 0 Å². The van der Waals surface area contributed by atoms with Crippen LogP contribution in [0.1, 0.15) is 36.1 Å². The predicted molar refractivity (Wildman–Crippen MR) is 152 cm³/mol. The third kappa shape index (κ3) is 5.57. The number of halogens is 1. The molecule has 2 N–H and O–H groups in total. The summed E-state index contributed by atoms with van der Waals surface area (Å²) in [5.41, 5.74) is 10.3. The van der Waals surface area contributed by atoms with Gasteiger partial charge < -0.3 is 14.2 Å². The normalized spacial score (nSPS) is 11.1. The number of aryl methyl sites for hydroxylation is 2. The van der Waals surface area contributed by atoms with Gasteiger partial charge in [0.05, 0.1) is 18.2 Å². The number of furan rings is 2. The van der Waals surface area contributed by atoms with Crippen molar-refractivity contribution in [3.05, 3.63) is 101 Å². The Labute approximate surface area is 220 Å². The topological polar surface area (TPSA) is 62.7 Å². The molecule has 5 nitrogen and oxygen atoms in total. The van der Waals surface area contributed by atoms with Crippen LogP contribution in [-0.2, 0) is 25.7 Å². The summed E-state index contributed by atoms with van der Waals surface area (Å²) >= 11 is 5.39. The summed E-state index contributed by atoms with van der Waals surface area (Å²) in [5.74, 6) is -0.386. The van der Waals surface area contributed by atoms with E-state index in [-0.39, 0.29) is 16.6 Å². The van der Waals surface area contributed by atoms with Crippen LogP contribution in [-0.4, -0.2) is 10.8 Å². The number of nitrogens with zero attached hydrogens (tertiary/aromatic N) is 1. The highest BCUT2D eigenvalue weighted by atomic mass is 32.1. The number of anilines is 1. The van der Waals surface area contributed by atoms with E-state index >= 15 is 0 Å². The van der Waals surface area contributed by atoms with Gasteiger partial charge in [-0.3, -0.25) is 5.43 Å². The molecule has 7 heteroatoms. The van der Waals surface area contributed by atoms with Gasteiger partial charge in [0.25, 0.3) is 0 Å². The molecule has 0 saturated carbocycles. The first kappa shape index (κ1) is 24.7. The van der Waals surface area contributed by atoms with Crippen LogP contribution in [0.25, 0.3) is 21.9 Å². The first-order chi connectivity index (χ1) is 18.0. The highest BCUT2D eigenvalue weighted by Crippen LogP contribution is 2.26. The van der Waals surface area contributed by atoms with Gasteiger partial charge in [0, 0.05) is 40.5 Å². The first-order valence-corrected chi connectivity index (χ1v) is 12.8. The number of benzene rings is 3. The molecule has 0 saturated heterocycles. The second-order valence-electron chi connectivity index (χ2n) is 8.97. The molecular formula is C30H28FN3O2S. The zero-order chi connectivity index (χ0) is 25.8. The molecule has 0 unspecified atom stereocenters. The fourth-order valence-electron chi connectivity index (χ4n) is 4.39. The van der Waals surface area contributed by atoms with Gasteiger partial charge in [-0.2, -0.15) is 5.10 Å². The summed E-state index contributed by atoms with van der Waals surface area (Å²) in [6.07, 6.45) is 6.57. The molecule has 0 aliphatic rings. The van der Waals surface area contributed by atoms with Crippen LogP contribution < -0.4 is 10.7 Å².